The minimum absolute atomic E-state index is 0.103. The summed E-state index contributed by atoms with van der Waals surface area (Å²) in [6.45, 7) is -3.26. The SMILES string of the molecule is FC(F)OCCOc1nn(C(c2ccccc2)(c2ccccc2)c2ccccc2)c2cc(Cl)ncc12. The van der Waals surface area contributed by atoms with Gasteiger partial charge in [-0.2, -0.15) is 8.78 Å². The molecule has 0 saturated heterocycles. The van der Waals surface area contributed by atoms with Crippen LogP contribution in [-0.2, 0) is 10.3 Å². The molecule has 182 valence electrons. The van der Waals surface area contributed by atoms with E-state index in [-0.39, 0.29) is 19.1 Å². The average molecular weight is 506 g/mol. The lowest BCUT2D eigenvalue weighted by Gasteiger charge is -2.36. The molecule has 0 aliphatic heterocycles. The van der Waals surface area contributed by atoms with Crippen LogP contribution in [0.15, 0.2) is 103 Å². The number of nitrogens with zero attached hydrogens (tertiary/aromatic N) is 3. The molecule has 0 unspecified atom stereocenters. The minimum Gasteiger partial charge on any atom is -0.474 e. The van der Waals surface area contributed by atoms with Crippen molar-refractivity contribution in [2.45, 2.75) is 12.2 Å². The van der Waals surface area contributed by atoms with E-state index in [1.807, 2.05) is 95.7 Å². The van der Waals surface area contributed by atoms with Gasteiger partial charge in [0.25, 0.3) is 0 Å². The number of hydrogen-bond acceptors (Lipinski definition) is 4. The van der Waals surface area contributed by atoms with Gasteiger partial charge in [-0.15, -0.1) is 5.10 Å². The Labute approximate surface area is 211 Å². The smallest absolute Gasteiger partial charge is 0.345 e. The van der Waals surface area contributed by atoms with E-state index in [1.165, 1.54) is 0 Å². The first kappa shape index (κ1) is 23.9. The molecule has 0 spiro atoms. The molecule has 36 heavy (non-hydrogen) atoms. The molecular formula is C28H22ClF2N3O2. The third-order valence-corrected chi connectivity index (χ3v) is 6.16. The molecule has 0 bridgehead atoms. The molecule has 0 amide bonds. The third kappa shape index (κ3) is 4.43. The van der Waals surface area contributed by atoms with Gasteiger partial charge >= 0.3 is 6.61 Å². The molecule has 0 radical (unpaired) electrons. The van der Waals surface area contributed by atoms with Crippen molar-refractivity contribution in [1.82, 2.24) is 14.8 Å². The molecule has 0 N–H and O–H groups in total. The topological polar surface area (TPSA) is 49.2 Å². The number of pyridine rings is 1. The summed E-state index contributed by atoms with van der Waals surface area (Å²) in [4.78, 5) is 4.22. The van der Waals surface area contributed by atoms with Crippen LogP contribution < -0.4 is 4.74 Å². The van der Waals surface area contributed by atoms with Crippen LogP contribution in [-0.4, -0.2) is 34.6 Å². The van der Waals surface area contributed by atoms with Gasteiger partial charge in [-0.1, -0.05) is 103 Å². The number of alkyl halides is 2. The van der Waals surface area contributed by atoms with Crippen LogP contribution in [0.2, 0.25) is 5.15 Å². The van der Waals surface area contributed by atoms with Crippen LogP contribution in [0.4, 0.5) is 8.78 Å². The Balaban J connectivity index is 1.80. The molecule has 2 aromatic heterocycles. The zero-order valence-electron chi connectivity index (χ0n) is 19.1. The molecule has 0 saturated carbocycles. The summed E-state index contributed by atoms with van der Waals surface area (Å²) in [5.74, 6) is 0.249. The number of hydrogen-bond donors (Lipinski definition) is 0. The second-order valence-electron chi connectivity index (χ2n) is 8.03. The van der Waals surface area contributed by atoms with Crippen molar-refractivity contribution in [3.8, 4) is 5.88 Å². The summed E-state index contributed by atoms with van der Waals surface area (Å²) < 4.78 is 37.0. The number of rotatable bonds is 9. The normalized spacial score (nSPS) is 11.8. The summed E-state index contributed by atoms with van der Waals surface area (Å²) in [5.41, 5.74) is 2.66. The molecular weight excluding hydrogens is 484 g/mol. The third-order valence-electron chi connectivity index (χ3n) is 5.96. The quantitative estimate of drug-likeness (QED) is 0.130. The van der Waals surface area contributed by atoms with E-state index in [4.69, 9.17) is 21.4 Å². The van der Waals surface area contributed by atoms with Crippen molar-refractivity contribution in [2.24, 2.45) is 0 Å². The number of aromatic nitrogens is 3. The summed E-state index contributed by atoms with van der Waals surface area (Å²) >= 11 is 6.35. The van der Waals surface area contributed by atoms with Crippen molar-refractivity contribution >= 4 is 22.5 Å². The van der Waals surface area contributed by atoms with Gasteiger partial charge in [-0.05, 0) is 16.7 Å². The van der Waals surface area contributed by atoms with E-state index < -0.39 is 12.2 Å². The number of fused-ring (bicyclic) bond motifs is 1. The zero-order valence-corrected chi connectivity index (χ0v) is 19.9. The van der Waals surface area contributed by atoms with Gasteiger partial charge in [-0.25, -0.2) is 9.67 Å². The van der Waals surface area contributed by atoms with E-state index in [0.29, 0.717) is 16.1 Å². The van der Waals surface area contributed by atoms with Crippen LogP contribution in [0.1, 0.15) is 16.7 Å². The Bertz CT molecular complexity index is 1330. The maximum absolute atomic E-state index is 12.5. The van der Waals surface area contributed by atoms with Crippen LogP contribution in [0.5, 0.6) is 5.88 Å². The van der Waals surface area contributed by atoms with Gasteiger partial charge in [0, 0.05) is 12.3 Å². The van der Waals surface area contributed by atoms with E-state index in [2.05, 4.69) is 9.72 Å². The second kappa shape index (κ2) is 10.4. The highest BCUT2D eigenvalue weighted by Crippen LogP contribution is 2.43. The van der Waals surface area contributed by atoms with E-state index >= 15 is 0 Å². The molecule has 8 heteroatoms. The Morgan fingerprint density at radius 2 is 1.33 bits per heavy atom. The maximum atomic E-state index is 12.5. The van der Waals surface area contributed by atoms with Gasteiger partial charge in [0.05, 0.1) is 17.5 Å². The molecule has 2 heterocycles. The Morgan fingerprint density at radius 3 is 1.83 bits per heavy atom. The van der Waals surface area contributed by atoms with Crippen molar-refractivity contribution in [1.29, 1.82) is 0 Å². The van der Waals surface area contributed by atoms with Crippen molar-refractivity contribution in [3.63, 3.8) is 0 Å². The molecule has 0 atom stereocenters. The lowest BCUT2D eigenvalue weighted by Crippen LogP contribution is -2.38. The maximum Gasteiger partial charge on any atom is 0.345 e. The molecule has 5 nitrogen and oxygen atoms in total. The second-order valence-corrected chi connectivity index (χ2v) is 8.42. The molecule has 0 aliphatic carbocycles. The van der Waals surface area contributed by atoms with Gasteiger partial charge in [-0.3, -0.25) is 0 Å². The summed E-state index contributed by atoms with van der Waals surface area (Å²) in [5, 5.41) is 5.79. The van der Waals surface area contributed by atoms with Crippen molar-refractivity contribution in [2.75, 3.05) is 13.2 Å². The number of halogens is 3. The average Bonchev–Trinajstić information content (AvgIpc) is 3.26. The van der Waals surface area contributed by atoms with Crippen LogP contribution in [0.25, 0.3) is 10.9 Å². The molecule has 5 rings (SSSR count). The number of ether oxygens (including phenoxy) is 2. The summed E-state index contributed by atoms with van der Waals surface area (Å²) in [6, 6.07) is 31.8. The first-order chi connectivity index (χ1) is 17.6. The van der Waals surface area contributed by atoms with Gasteiger partial charge in [0.15, 0.2) is 0 Å². The standard InChI is InChI=1S/C28H22ClF2N3O2/c29-25-18-24-23(19-32-25)26(35-16-17-36-27(30)31)33-34(24)28(20-10-4-1-5-11-20,21-12-6-2-7-13-21)22-14-8-3-9-15-22/h1-15,18-19,27H,16-17H2. The Kier molecular flexibility index (Phi) is 6.93. The minimum atomic E-state index is -2.87. The van der Waals surface area contributed by atoms with E-state index in [9.17, 15) is 8.78 Å². The summed E-state index contributed by atoms with van der Waals surface area (Å²) in [6.07, 6.45) is 1.58. The van der Waals surface area contributed by atoms with Crippen molar-refractivity contribution < 1.29 is 18.3 Å². The zero-order chi connectivity index (χ0) is 25.0. The first-order valence-electron chi connectivity index (χ1n) is 11.3. The molecule has 5 aromatic rings. The van der Waals surface area contributed by atoms with Crippen LogP contribution in [0.3, 0.4) is 0 Å². The fourth-order valence-corrected chi connectivity index (χ4v) is 4.65. The predicted molar refractivity (Wildman–Crippen MR) is 135 cm³/mol. The van der Waals surface area contributed by atoms with Crippen molar-refractivity contribution in [3.05, 3.63) is 125 Å². The predicted octanol–water partition coefficient (Wildman–Crippen LogP) is 6.54. The highest BCUT2D eigenvalue weighted by Gasteiger charge is 2.41. The van der Waals surface area contributed by atoms with Crippen LogP contribution >= 0.6 is 11.6 Å². The molecule has 3 aromatic carbocycles. The molecule has 0 fully saturated rings. The summed E-state index contributed by atoms with van der Waals surface area (Å²) in [7, 11) is 0. The lowest BCUT2D eigenvalue weighted by molar-refractivity contribution is -0.133. The van der Waals surface area contributed by atoms with E-state index in [0.717, 1.165) is 16.7 Å². The fraction of sp³-hybridized carbons (Fsp3) is 0.143. The highest BCUT2D eigenvalue weighted by atomic mass is 35.5. The van der Waals surface area contributed by atoms with Gasteiger partial charge in [0.2, 0.25) is 5.88 Å². The largest absolute Gasteiger partial charge is 0.474 e. The Hall–Kier alpha value is -3.81. The monoisotopic (exact) mass is 505 g/mol. The van der Waals surface area contributed by atoms with Crippen LogP contribution in [0, 0.1) is 0 Å². The van der Waals surface area contributed by atoms with Gasteiger partial charge < -0.3 is 9.47 Å². The lowest BCUT2D eigenvalue weighted by atomic mass is 9.77. The van der Waals surface area contributed by atoms with E-state index in [1.54, 1.807) is 12.3 Å². The fourth-order valence-electron chi connectivity index (χ4n) is 4.50. The Morgan fingerprint density at radius 1 is 0.806 bits per heavy atom. The highest BCUT2D eigenvalue weighted by molar-refractivity contribution is 6.30. The first-order valence-corrected chi connectivity index (χ1v) is 11.7. The number of benzene rings is 3. The molecule has 0 aliphatic rings. The van der Waals surface area contributed by atoms with Gasteiger partial charge in [0.1, 0.15) is 17.3 Å².